The Labute approximate surface area is 412 Å². The number of aromatic nitrogens is 2. The molecule has 0 unspecified atom stereocenters. The van der Waals surface area contributed by atoms with Gasteiger partial charge in [0, 0.05) is 60.8 Å². The minimum atomic E-state index is 1.10. The van der Waals surface area contributed by atoms with E-state index in [1.165, 1.54) is 76.3 Å². The van der Waals surface area contributed by atoms with E-state index in [0.29, 0.717) is 0 Å². The maximum Gasteiger partial charge on any atom is 0.0619 e. The topological polar surface area (TPSA) is 13.1 Å². The van der Waals surface area contributed by atoms with Crippen molar-refractivity contribution in [1.82, 2.24) is 9.13 Å². The molecule has 0 radical (unpaired) electrons. The van der Waals surface area contributed by atoms with Gasteiger partial charge in [-0.15, -0.1) is 0 Å². The van der Waals surface area contributed by atoms with Crippen molar-refractivity contribution in [2.24, 2.45) is 0 Å². The van der Waals surface area contributed by atoms with Crippen molar-refractivity contribution in [3.63, 3.8) is 0 Å². The molecule has 12 aromatic carbocycles. The van der Waals surface area contributed by atoms with Gasteiger partial charge in [0.15, 0.2) is 0 Å². The van der Waals surface area contributed by atoms with E-state index in [0.717, 1.165) is 50.7 Å². The van der Waals surface area contributed by atoms with Gasteiger partial charge in [-0.25, -0.2) is 0 Å². The Kier molecular flexibility index (Phi) is 9.53. The predicted octanol–water partition coefficient (Wildman–Crippen LogP) is 18.7. The SMILES string of the molecule is c1ccc(N(c2ccccc2)c2ccc(-c3cc(-c4ccc5c(c4)c4ccc6ccccc6c4n5-c4ccccc4)cc(-c4ccc5c(c4)c4ccc6ccccc6c4n5-c4ccccc4)c3)cc2)cc1. The zero-order chi connectivity index (χ0) is 46.8. The molecular formula is C68H45N3. The Morgan fingerprint density at radius 1 is 0.225 bits per heavy atom. The van der Waals surface area contributed by atoms with Crippen molar-refractivity contribution in [2.75, 3.05) is 4.90 Å². The Morgan fingerprint density at radius 2 is 0.592 bits per heavy atom. The van der Waals surface area contributed by atoms with E-state index in [1.807, 2.05) is 0 Å². The minimum Gasteiger partial charge on any atom is -0.311 e. The molecule has 3 nitrogen and oxygen atoms in total. The lowest BCUT2D eigenvalue weighted by atomic mass is 9.92. The highest BCUT2D eigenvalue weighted by Gasteiger charge is 2.20. The monoisotopic (exact) mass is 903 g/mol. The summed E-state index contributed by atoms with van der Waals surface area (Å²) in [5, 5.41) is 9.90. The molecule has 0 saturated heterocycles. The summed E-state index contributed by atoms with van der Waals surface area (Å²) >= 11 is 0. The maximum atomic E-state index is 2.44. The van der Waals surface area contributed by atoms with Gasteiger partial charge < -0.3 is 14.0 Å². The summed E-state index contributed by atoms with van der Waals surface area (Å²) in [6.07, 6.45) is 0. The van der Waals surface area contributed by atoms with E-state index in [-0.39, 0.29) is 0 Å². The first-order valence-corrected chi connectivity index (χ1v) is 24.4. The maximum absolute atomic E-state index is 2.44. The van der Waals surface area contributed by atoms with Gasteiger partial charge in [0.25, 0.3) is 0 Å². The highest BCUT2D eigenvalue weighted by Crippen LogP contribution is 2.43. The summed E-state index contributed by atoms with van der Waals surface area (Å²) in [4.78, 5) is 2.32. The zero-order valence-corrected chi connectivity index (χ0v) is 38.8. The van der Waals surface area contributed by atoms with E-state index in [9.17, 15) is 0 Å². The van der Waals surface area contributed by atoms with Crippen molar-refractivity contribution >= 4 is 82.2 Å². The van der Waals surface area contributed by atoms with E-state index >= 15 is 0 Å². The molecule has 0 aliphatic carbocycles. The van der Waals surface area contributed by atoms with E-state index in [4.69, 9.17) is 0 Å². The minimum absolute atomic E-state index is 1.10. The standard InChI is InChI=1S/C68H45N3/c1-5-19-54(20-6-1)69(55-21-7-2-8-22-55)58-35-29-46(30-36-58)51-41-52(49-33-39-65-63(44-49)61-37-31-47-17-13-15-27-59(47)67(61)70(65)56-23-9-3-10-24-56)43-53(42-51)50-34-40-66-64(45-50)62-38-32-48-18-14-16-28-60(48)68(62)71(66)57-25-11-4-12-26-57/h1-45H. The van der Waals surface area contributed by atoms with Crippen molar-refractivity contribution in [2.45, 2.75) is 0 Å². The van der Waals surface area contributed by atoms with Gasteiger partial charge in [0.05, 0.1) is 22.1 Å². The number of hydrogen-bond donors (Lipinski definition) is 0. The van der Waals surface area contributed by atoms with Gasteiger partial charge in [-0.05, 0) is 147 Å². The number of fused-ring (bicyclic) bond motifs is 10. The second-order valence-electron chi connectivity index (χ2n) is 18.5. The van der Waals surface area contributed by atoms with Crippen LogP contribution in [0.15, 0.2) is 273 Å². The molecule has 14 rings (SSSR count). The summed E-state index contributed by atoms with van der Waals surface area (Å²) in [6.45, 7) is 0. The molecule has 3 heteroatoms. The average molecular weight is 904 g/mol. The molecule has 0 aliphatic rings. The van der Waals surface area contributed by atoms with Crippen LogP contribution in [0.5, 0.6) is 0 Å². The molecular weight excluding hydrogens is 859 g/mol. The van der Waals surface area contributed by atoms with Crippen LogP contribution < -0.4 is 4.90 Å². The summed E-state index contributed by atoms with van der Waals surface area (Å²) in [5.41, 5.74) is 17.4. The van der Waals surface area contributed by atoms with Gasteiger partial charge in [0.1, 0.15) is 0 Å². The Hall–Kier alpha value is -9.44. The number of hydrogen-bond acceptors (Lipinski definition) is 1. The van der Waals surface area contributed by atoms with Crippen molar-refractivity contribution in [3.05, 3.63) is 273 Å². The lowest BCUT2D eigenvalue weighted by Gasteiger charge is -2.25. The second-order valence-corrected chi connectivity index (χ2v) is 18.5. The van der Waals surface area contributed by atoms with Crippen LogP contribution in [0.1, 0.15) is 0 Å². The quantitative estimate of drug-likeness (QED) is 0.148. The number of anilines is 3. The van der Waals surface area contributed by atoms with Crippen molar-refractivity contribution in [1.29, 1.82) is 0 Å². The summed E-state index contributed by atoms with van der Waals surface area (Å²) in [5.74, 6) is 0. The molecule has 0 atom stereocenters. The summed E-state index contributed by atoms with van der Waals surface area (Å²) in [7, 11) is 0. The van der Waals surface area contributed by atoms with Crippen LogP contribution >= 0.6 is 0 Å². The average Bonchev–Trinajstić information content (AvgIpc) is 3.97. The molecule has 71 heavy (non-hydrogen) atoms. The number of nitrogens with zero attached hydrogens (tertiary/aromatic N) is 3. The first kappa shape index (κ1) is 40.6. The fraction of sp³-hybridized carbons (Fsp3) is 0. The van der Waals surface area contributed by atoms with Crippen LogP contribution in [0.25, 0.3) is 110 Å². The molecule has 0 bridgehead atoms. The van der Waals surface area contributed by atoms with Crippen molar-refractivity contribution < 1.29 is 0 Å². The van der Waals surface area contributed by atoms with Crippen LogP contribution in [0.3, 0.4) is 0 Å². The highest BCUT2D eigenvalue weighted by atomic mass is 15.1. The summed E-state index contributed by atoms with van der Waals surface area (Å²) < 4.78 is 4.89. The molecule has 2 heterocycles. The molecule has 0 fully saturated rings. The fourth-order valence-corrected chi connectivity index (χ4v) is 11.1. The number of benzene rings is 12. The lowest BCUT2D eigenvalue weighted by Crippen LogP contribution is -2.09. The van der Waals surface area contributed by atoms with Gasteiger partial charge in [0.2, 0.25) is 0 Å². The third kappa shape index (κ3) is 6.82. The summed E-state index contributed by atoms with van der Waals surface area (Å²) in [6, 6.07) is 99.8. The molecule has 14 aromatic rings. The Balaban J connectivity index is 0.978. The normalized spacial score (nSPS) is 11.7. The van der Waals surface area contributed by atoms with Crippen LogP contribution in [-0.2, 0) is 0 Å². The fourth-order valence-electron chi connectivity index (χ4n) is 11.1. The van der Waals surface area contributed by atoms with Crippen LogP contribution in [0, 0.1) is 0 Å². The molecule has 0 spiro atoms. The smallest absolute Gasteiger partial charge is 0.0619 e. The van der Waals surface area contributed by atoms with Gasteiger partial charge >= 0.3 is 0 Å². The van der Waals surface area contributed by atoms with Gasteiger partial charge in [-0.3, -0.25) is 0 Å². The lowest BCUT2D eigenvalue weighted by molar-refractivity contribution is 1.19. The van der Waals surface area contributed by atoms with Crippen LogP contribution in [-0.4, -0.2) is 9.13 Å². The number of rotatable bonds is 8. The van der Waals surface area contributed by atoms with Crippen LogP contribution in [0.4, 0.5) is 17.1 Å². The predicted molar refractivity (Wildman–Crippen MR) is 301 cm³/mol. The van der Waals surface area contributed by atoms with Gasteiger partial charge in [-0.1, -0.05) is 170 Å². The van der Waals surface area contributed by atoms with Gasteiger partial charge in [-0.2, -0.15) is 0 Å². The molecule has 332 valence electrons. The first-order chi connectivity index (χ1) is 35.2. The zero-order valence-electron chi connectivity index (χ0n) is 38.8. The van der Waals surface area contributed by atoms with Crippen molar-refractivity contribution in [3.8, 4) is 44.8 Å². The third-order valence-electron chi connectivity index (χ3n) is 14.4. The molecule has 0 saturated carbocycles. The highest BCUT2D eigenvalue weighted by molar-refractivity contribution is 6.20. The molecule has 0 aliphatic heterocycles. The molecule has 0 N–H and O–H groups in total. The third-order valence-corrected chi connectivity index (χ3v) is 14.4. The number of para-hydroxylation sites is 4. The largest absolute Gasteiger partial charge is 0.311 e. The van der Waals surface area contributed by atoms with E-state index in [2.05, 4.69) is 287 Å². The molecule has 0 amide bonds. The molecule has 2 aromatic heterocycles. The first-order valence-electron chi connectivity index (χ1n) is 24.4. The Bertz CT molecular complexity index is 4050. The van der Waals surface area contributed by atoms with E-state index in [1.54, 1.807) is 0 Å². The van der Waals surface area contributed by atoms with Crippen LogP contribution in [0.2, 0.25) is 0 Å². The second kappa shape index (κ2) is 16.7. The van der Waals surface area contributed by atoms with E-state index < -0.39 is 0 Å². The Morgan fingerprint density at radius 3 is 1.04 bits per heavy atom.